The van der Waals surface area contributed by atoms with Crippen molar-refractivity contribution >= 4 is 5.52 Å². The average Bonchev–Trinajstić information content (AvgIpc) is 2.59. The fourth-order valence-corrected chi connectivity index (χ4v) is 1.42. The lowest BCUT2D eigenvalue weighted by Crippen LogP contribution is -1.99. The number of aliphatic hydroxyl groups excluding tert-OH is 1. The molecule has 0 radical (unpaired) electrons. The summed E-state index contributed by atoms with van der Waals surface area (Å²) in [7, 11) is 1.61. The minimum Gasteiger partial charge on any atom is -0.495 e. The highest BCUT2D eigenvalue weighted by atomic mass is 16.5. The molecule has 2 heterocycles. The predicted octanol–water partition coefficient (Wildman–Crippen LogP) is 1.40. The van der Waals surface area contributed by atoms with E-state index < -0.39 is 6.10 Å². The Labute approximate surface area is 81.8 Å². The van der Waals surface area contributed by atoms with Crippen molar-refractivity contribution in [2.45, 2.75) is 13.0 Å². The number of rotatable bonds is 2. The molecule has 0 aromatic carbocycles. The van der Waals surface area contributed by atoms with Gasteiger partial charge >= 0.3 is 0 Å². The van der Waals surface area contributed by atoms with E-state index in [1.54, 1.807) is 20.2 Å². The lowest BCUT2D eigenvalue weighted by Gasteiger charge is -2.05. The van der Waals surface area contributed by atoms with Gasteiger partial charge in [0.05, 0.1) is 25.0 Å². The fourth-order valence-electron chi connectivity index (χ4n) is 1.42. The number of nitrogens with zero attached hydrogens (tertiary/aromatic N) is 2. The lowest BCUT2D eigenvalue weighted by atomic mass is 10.3. The van der Waals surface area contributed by atoms with Gasteiger partial charge in [0.2, 0.25) is 0 Å². The molecule has 14 heavy (non-hydrogen) atoms. The third kappa shape index (κ3) is 1.33. The molecule has 0 saturated heterocycles. The number of imidazole rings is 1. The van der Waals surface area contributed by atoms with Crippen LogP contribution >= 0.6 is 0 Å². The number of fused-ring (bicyclic) bond motifs is 1. The molecule has 4 heteroatoms. The largest absolute Gasteiger partial charge is 0.495 e. The van der Waals surface area contributed by atoms with Gasteiger partial charge in [0.1, 0.15) is 17.7 Å². The molecular weight excluding hydrogens is 180 g/mol. The molecule has 74 valence electrons. The summed E-state index contributed by atoms with van der Waals surface area (Å²) in [5.74, 6) is 1.37. The molecule has 4 nitrogen and oxygen atoms in total. The maximum Gasteiger partial charge on any atom is 0.142 e. The molecule has 1 unspecified atom stereocenters. The second-order valence-corrected chi connectivity index (χ2v) is 3.16. The molecule has 0 fully saturated rings. The summed E-state index contributed by atoms with van der Waals surface area (Å²) in [6, 6.07) is 3.76. The SMILES string of the molecule is COc1ccc2cnc(C(C)O)n2c1. The van der Waals surface area contributed by atoms with Gasteiger partial charge in [-0.3, -0.25) is 4.40 Å². The smallest absolute Gasteiger partial charge is 0.142 e. The fraction of sp³-hybridized carbons (Fsp3) is 0.300. The zero-order valence-electron chi connectivity index (χ0n) is 8.14. The van der Waals surface area contributed by atoms with E-state index in [2.05, 4.69) is 4.98 Å². The maximum absolute atomic E-state index is 9.45. The van der Waals surface area contributed by atoms with E-state index in [4.69, 9.17) is 4.74 Å². The van der Waals surface area contributed by atoms with Crippen LogP contribution < -0.4 is 4.74 Å². The summed E-state index contributed by atoms with van der Waals surface area (Å²) >= 11 is 0. The van der Waals surface area contributed by atoms with Crippen molar-refractivity contribution in [3.05, 3.63) is 30.4 Å². The van der Waals surface area contributed by atoms with Crippen LogP contribution in [0.3, 0.4) is 0 Å². The predicted molar refractivity (Wildman–Crippen MR) is 52.4 cm³/mol. The van der Waals surface area contributed by atoms with Crippen molar-refractivity contribution in [3.63, 3.8) is 0 Å². The van der Waals surface area contributed by atoms with Crippen LogP contribution in [-0.4, -0.2) is 21.6 Å². The molecule has 2 rings (SSSR count). The maximum atomic E-state index is 9.45. The van der Waals surface area contributed by atoms with Crippen molar-refractivity contribution in [1.82, 2.24) is 9.38 Å². The average molecular weight is 192 g/mol. The summed E-state index contributed by atoms with van der Waals surface area (Å²) in [6.45, 7) is 1.69. The molecule has 0 bridgehead atoms. The van der Waals surface area contributed by atoms with Gasteiger partial charge in [0, 0.05) is 0 Å². The lowest BCUT2D eigenvalue weighted by molar-refractivity contribution is 0.188. The van der Waals surface area contributed by atoms with E-state index in [-0.39, 0.29) is 0 Å². The Morgan fingerprint density at radius 2 is 2.29 bits per heavy atom. The van der Waals surface area contributed by atoms with Gasteiger partial charge in [-0.15, -0.1) is 0 Å². The minimum atomic E-state index is -0.579. The van der Waals surface area contributed by atoms with Gasteiger partial charge in [0.15, 0.2) is 0 Å². The standard InChI is InChI=1S/C10H12N2O2/c1-7(13)10-11-5-8-3-4-9(14-2)6-12(8)10/h3-7,13H,1-2H3. The van der Waals surface area contributed by atoms with Crippen molar-refractivity contribution in [2.75, 3.05) is 7.11 Å². The zero-order chi connectivity index (χ0) is 10.1. The Balaban J connectivity index is 2.63. The Bertz CT molecular complexity index is 448. The highest BCUT2D eigenvalue weighted by Gasteiger charge is 2.08. The van der Waals surface area contributed by atoms with Crippen LogP contribution in [0.2, 0.25) is 0 Å². The summed E-state index contributed by atoms with van der Waals surface area (Å²) in [4.78, 5) is 4.13. The van der Waals surface area contributed by atoms with Gasteiger partial charge in [-0.05, 0) is 19.1 Å². The highest BCUT2D eigenvalue weighted by Crippen LogP contribution is 2.18. The molecule has 0 aliphatic heterocycles. The van der Waals surface area contributed by atoms with E-state index >= 15 is 0 Å². The highest BCUT2D eigenvalue weighted by molar-refractivity contribution is 5.48. The number of hydrogen-bond acceptors (Lipinski definition) is 3. The third-order valence-corrected chi connectivity index (χ3v) is 2.14. The van der Waals surface area contributed by atoms with Gasteiger partial charge < -0.3 is 9.84 Å². The molecule has 1 atom stereocenters. The normalized spacial score (nSPS) is 13.1. The monoisotopic (exact) mass is 192 g/mol. The quantitative estimate of drug-likeness (QED) is 0.782. The first-order valence-electron chi connectivity index (χ1n) is 4.41. The molecule has 0 aliphatic rings. The van der Waals surface area contributed by atoms with Crippen LogP contribution in [0.15, 0.2) is 24.5 Å². The molecule has 0 aliphatic carbocycles. The van der Waals surface area contributed by atoms with Crippen LogP contribution in [0, 0.1) is 0 Å². The summed E-state index contributed by atoms with van der Waals surface area (Å²) < 4.78 is 6.92. The Morgan fingerprint density at radius 1 is 1.50 bits per heavy atom. The van der Waals surface area contributed by atoms with Crippen molar-refractivity contribution in [2.24, 2.45) is 0 Å². The Morgan fingerprint density at radius 3 is 2.93 bits per heavy atom. The van der Waals surface area contributed by atoms with Gasteiger partial charge in [0.25, 0.3) is 0 Å². The molecular formula is C10H12N2O2. The Kier molecular flexibility index (Phi) is 2.13. The second kappa shape index (κ2) is 3.31. The number of pyridine rings is 1. The number of aromatic nitrogens is 2. The van der Waals surface area contributed by atoms with Crippen molar-refractivity contribution < 1.29 is 9.84 Å². The van der Waals surface area contributed by atoms with E-state index in [0.717, 1.165) is 11.3 Å². The number of ether oxygens (including phenoxy) is 1. The third-order valence-electron chi connectivity index (χ3n) is 2.14. The zero-order valence-corrected chi connectivity index (χ0v) is 8.14. The van der Waals surface area contributed by atoms with Crippen LogP contribution in [-0.2, 0) is 0 Å². The molecule has 2 aromatic heterocycles. The van der Waals surface area contributed by atoms with Crippen LogP contribution in [0.1, 0.15) is 18.9 Å². The summed E-state index contributed by atoms with van der Waals surface area (Å²) in [6.07, 6.45) is 2.95. The number of hydrogen-bond donors (Lipinski definition) is 1. The number of methoxy groups -OCH3 is 1. The van der Waals surface area contributed by atoms with Gasteiger partial charge in [-0.1, -0.05) is 0 Å². The Hall–Kier alpha value is -1.55. The first-order chi connectivity index (χ1) is 6.72. The van der Waals surface area contributed by atoms with Crippen LogP contribution in [0.4, 0.5) is 0 Å². The summed E-state index contributed by atoms with van der Waals surface area (Å²) in [5.41, 5.74) is 0.946. The van der Waals surface area contributed by atoms with E-state index in [1.807, 2.05) is 22.7 Å². The van der Waals surface area contributed by atoms with E-state index in [0.29, 0.717) is 5.82 Å². The van der Waals surface area contributed by atoms with Crippen LogP contribution in [0.5, 0.6) is 5.75 Å². The van der Waals surface area contributed by atoms with E-state index in [9.17, 15) is 5.11 Å². The number of aliphatic hydroxyl groups is 1. The first kappa shape index (κ1) is 9.02. The molecule has 2 aromatic rings. The first-order valence-corrected chi connectivity index (χ1v) is 4.41. The topological polar surface area (TPSA) is 46.8 Å². The molecule has 1 N–H and O–H groups in total. The molecule has 0 saturated carbocycles. The summed E-state index contributed by atoms with van der Waals surface area (Å²) in [5, 5.41) is 9.45. The second-order valence-electron chi connectivity index (χ2n) is 3.16. The molecule has 0 amide bonds. The van der Waals surface area contributed by atoms with Crippen LogP contribution in [0.25, 0.3) is 5.52 Å². The van der Waals surface area contributed by atoms with Gasteiger partial charge in [-0.2, -0.15) is 0 Å². The van der Waals surface area contributed by atoms with Crippen molar-refractivity contribution in [3.8, 4) is 5.75 Å². The van der Waals surface area contributed by atoms with Gasteiger partial charge in [-0.25, -0.2) is 4.98 Å². The van der Waals surface area contributed by atoms with Crippen molar-refractivity contribution in [1.29, 1.82) is 0 Å². The minimum absolute atomic E-state index is 0.579. The molecule has 0 spiro atoms. The van der Waals surface area contributed by atoms with E-state index in [1.165, 1.54) is 0 Å².